The number of amides is 2. The number of carbonyl (C=O) groups is 2. The lowest BCUT2D eigenvalue weighted by molar-refractivity contribution is -0.124. The van der Waals surface area contributed by atoms with Crippen LogP contribution in [0.2, 0.25) is 0 Å². The van der Waals surface area contributed by atoms with E-state index in [1.54, 1.807) is 25.3 Å². The number of para-hydroxylation sites is 2. The molecule has 6 nitrogen and oxygen atoms in total. The van der Waals surface area contributed by atoms with Gasteiger partial charge in [0.2, 0.25) is 5.91 Å². The monoisotopic (exact) mass is 498 g/mol. The summed E-state index contributed by atoms with van der Waals surface area (Å²) < 4.78 is 12.0. The lowest BCUT2D eigenvalue weighted by Gasteiger charge is -2.32. The third-order valence-electron chi connectivity index (χ3n) is 6.07. The van der Waals surface area contributed by atoms with Crippen molar-refractivity contribution in [1.29, 1.82) is 0 Å². The van der Waals surface area contributed by atoms with Crippen molar-refractivity contribution in [1.82, 2.24) is 5.32 Å². The van der Waals surface area contributed by atoms with Crippen LogP contribution in [0.15, 0.2) is 52.7 Å². The second-order valence-electron chi connectivity index (χ2n) is 8.30. The first-order valence-electron chi connectivity index (χ1n) is 10.9. The van der Waals surface area contributed by atoms with Crippen LogP contribution in [0.4, 0.5) is 5.69 Å². The Kier molecular flexibility index (Phi) is 6.84. The fourth-order valence-electron chi connectivity index (χ4n) is 4.27. The molecule has 0 radical (unpaired) electrons. The van der Waals surface area contributed by atoms with Gasteiger partial charge in [-0.05, 0) is 70.6 Å². The van der Waals surface area contributed by atoms with E-state index < -0.39 is 0 Å². The quantitative estimate of drug-likeness (QED) is 0.594. The highest BCUT2D eigenvalue weighted by atomic mass is 79.9. The number of nitrogens with zero attached hydrogens (tertiary/aromatic N) is 1. The lowest BCUT2D eigenvalue weighted by atomic mass is 9.86. The predicted molar refractivity (Wildman–Crippen MR) is 128 cm³/mol. The second-order valence-corrected chi connectivity index (χ2v) is 9.15. The Morgan fingerprint density at radius 2 is 2.03 bits per heavy atom. The van der Waals surface area contributed by atoms with Crippen molar-refractivity contribution >= 4 is 39.5 Å². The molecule has 2 amide bonds. The molecule has 1 N–H and O–H groups in total. The number of hydrogen-bond donors (Lipinski definition) is 1. The zero-order valence-electron chi connectivity index (χ0n) is 18.3. The van der Waals surface area contributed by atoms with E-state index in [9.17, 15) is 9.59 Å². The molecule has 168 valence electrons. The SMILES string of the molecule is COc1ccc(/C=C2\Oc3ccccc3N(CC(=O)N[C@@H]3CCCC[C@H]3C)C2=O)cc1Br. The van der Waals surface area contributed by atoms with Crippen molar-refractivity contribution in [2.24, 2.45) is 5.92 Å². The lowest BCUT2D eigenvalue weighted by Crippen LogP contribution is -2.48. The van der Waals surface area contributed by atoms with Crippen LogP contribution in [0.5, 0.6) is 11.5 Å². The van der Waals surface area contributed by atoms with Crippen LogP contribution in [-0.4, -0.2) is 31.5 Å². The van der Waals surface area contributed by atoms with E-state index in [1.165, 1.54) is 11.3 Å². The molecule has 1 aliphatic heterocycles. The summed E-state index contributed by atoms with van der Waals surface area (Å²) in [5.41, 5.74) is 1.37. The van der Waals surface area contributed by atoms with Gasteiger partial charge in [-0.15, -0.1) is 0 Å². The number of benzene rings is 2. The van der Waals surface area contributed by atoms with Crippen LogP contribution in [0.1, 0.15) is 38.2 Å². The maximum absolute atomic E-state index is 13.3. The average molecular weight is 499 g/mol. The van der Waals surface area contributed by atoms with Crippen LogP contribution in [-0.2, 0) is 9.59 Å². The fraction of sp³-hybridized carbons (Fsp3) is 0.360. The largest absolute Gasteiger partial charge is 0.496 e. The minimum absolute atomic E-state index is 0.0495. The fourth-order valence-corrected chi connectivity index (χ4v) is 4.83. The van der Waals surface area contributed by atoms with E-state index in [1.807, 2.05) is 30.3 Å². The van der Waals surface area contributed by atoms with Gasteiger partial charge in [0.15, 0.2) is 11.5 Å². The average Bonchev–Trinajstić information content (AvgIpc) is 2.78. The summed E-state index contributed by atoms with van der Waals surface area (Å²) in [6, 6.07) is 12.9. The Bertz CT molecular complexity index is 1050. The second kappa shape index (κ2) is 9.77. The Balaban J connectivity index is 1.58. The molecule has 1 heterocycles. The first-order valence-corrected chi connectivity index (χ1v) is 11.7. The molecule has 0 saturated heterocycles. The molecule has 2 aromatic carbocycles. The van der Waals surface area contributed by atoms with E-state index in [0.29, 0.717) is 23.1 Å². The van der Waals surface area contributed by atoms with Gasteiger partial charge in [-0.1, -0.05) is 38.0 Å². The highest BCUT2D eigenvalue weighted by Gasteiger charge is 2.32. The molecule has 7 heteroatoms. The molecule has 4 rings (SSSR count). The Labute approximate surface area is 196 Å². The molecular weight excluding hydrogens is 472 g/mol. The predicted octanol–water partition coefficient (Wildman–Crippen LogP) is 4.92. The number of ether oxygens (including phenoxy) is 2. The molecule has 1 saturated carbocycles. The molecule has 2 aromatic rings. The van der Waals surface area contributed by atoms with Gasteiger partial charge in [0.05, 0.1) is 17.3 Å². The van der Waals surface area contributed by atoms with Gasteiger partial charge in [-0.25, -0.2) is 0 Å². The highest BCUT2D eigenvalue weighted by Crippen LogP contribution is 2.36. The van der Waals surface area contributed by atoms with Crippen molar-refractivity contribution in [2.45, 2.75) is 38.6 Å². The smallest absolute Gasteiger partial charge is 0.294 e. The number of hydrogen-bond acceptors (Lipinski definition) is 4. The molecule has 32 heavy (non-hydrogen) atoms. The first kappa shape index (κ1) is 22.4. The highest BCUT2D eigenvalue weighted by molar-refractivity contribution is 9.10. The van der Waals surface area contributed by atoms with Crippen LogP contribution in [0.25, 0.3) is 6.08 Å². The zero-order valence-corrected chi connectivity index (χ0v) is 19.9. The molecular formula is C25H27BrN2O4. The number of fused-ring (bicyclic) bond motifs is 1. The van der Waals surface area contributed by atoms with Crippen molar-refractivity contribution < 1.29 is 19.1 Å². The van der Waals surface area contributed by atoms with E-state index in [4.69, 9.17) is 9.47 Å². The number of rotatable bonds is 5. The molecule has 2 aliphatic rings. The summed E-state index contributed by atoms with van der Waals surface area (Å²) in [6.07, 6.45) is 6.11. The van der Waals surface area contributed by atoms with E-state index in [2.05, 4.69) is 28.2 Å². The van der Waals surface area contributed by atoms with E-state index in [-0.39, 0.29) is 30.2 Å². The van der Waals surface area contributed by atoms with Gasteiger partial charge < -0.3 is 14.8 Å². The maximum Gasteiger partial charge on any atom is 0.294 e. The molecule has 0 bridgehead atoms. The number of halogens is 1. The summed E-state index contributed by atoms with van der Waals surface area (Å²) in [4.78, 5) is 27.7. The number of methoxy groups -OCH3 is 1. The summed E-state index contributed by atoms with van der Waals surface area (Å²) in [6.45, 7) is 2.12. The third kappa shape index (κ3) is 4.83. The van der Waals surface area contributed by atoms with Crippen molar-refractivity contribution in [3.63, 3.8) is 0 Å². The minimum atomic E-state index is -0.345. The van der Waals surface area contributed by atoms with E-state index in [0.717, 1.165) is 29.3 Å². The number of anilines is 1. The Morgan fingerprint density at radius 1 is 1.25 bits per heavy atom. The summed E-state index contributed by atoms with van der Waals surface area (Å²) >= 11 is 3.47. The molecule has 0 spiro atoms. The van der Waals surface area contributed by atoms with Crippen molar-refractivity contribution in [2.75, 3.05) is 18.6 Å². The van der Waals surface area contributed by atoms with Crippen LogP contribution in [0, 0.1) is 5.92 Å². The summed E-state index contributed by atoms with van der Waals surface area (Å²) in [5, 5.41) is 3.14. The Morgan fingerprint density at radius 3 is 2.78 bits per heavy atom. The molecule has 1 fully saturated rings. The molecule has 2 atom stereocenters. The first-order chi connectivity index (χ1) is 15.5. The molecule has 0 aromatic heterocycles. The molecule has 0 unspecified atom stereocenters. The van der Waals surface area contributed by atoms with Gasteiger partial charge in [0.1, 0.15) is 12.3 Å². The van der Waals surface area contributed by atoms with Crippen LogP contribution < -0.4 is 19.7 Å². The normalized spacial score (nSPS) is 21.7. The van der Waals surface area contributed by atoms with Crippen LogP contribution in [0.3, 0.4) is 0 Å². The zero-order chi connectivity index (χ0) is 22.7. The topological polar surface area (TPSA) is 67.9 Å². The van der Waals surface area contributed by atoms with Crippen molar-refractivity contribution in [3.8, 4) is 11.5 Å². The minimum Gasteiger partial charge on any atom is -0.496 e. The summed E-state index contributed by atoms with van der Waals surface area (Å²) in [5.74, 6) is 1.36. The van der Waals surface area contributed by atoms with Crippen molar-refractivity contribution in [3.05, 3.63) is 58.3 Å². The van der Waals surface area contributed by atoms with Gasteiger partial charge in [0.25, 0.3) is 5.91 Å². The maximum atomic E-state index is 13.3. The molecule has 1 aliphatic carbocycles. The van der Waals surface area contributed by atoms with Gasteiger partial charge in [-0.2, -0.15) is 0 Å². The number of nitrogens with one attached hydrogen (secondary N) is 1. The Hall–Kier alpha value is -2.80. The van der Waals surface area contributed by atoms with Gasteiger partial charge >= 0.3 is 0 Å². The van der Waals surface area contributed by atoms with Crippen LogP contribution >= 0.6 is 15.9 Å². The van der Waals surface area contributed by atoms with Gasteiger partial charge in [0, 0.05) is 6.04 Å². The van der Waals surface area contributed by atoms with Gasteiger partial charge in [-0.3, -0.25) is 14.5 Å². The standard InChI is InChI=1S/C25H27BrN2O4/c1-16-7-3-4-8-19(16)27-24(29)15-28-20-9-5-6-10-22(20)32-23(25(28)30)14-17-11-12-21(31-2)18(26)13-17/h5-6,9-14,16,19H,3-4,7-8,15H2,1-2H3,(H,27,29)/b23-14-/t16-,19-/m1/s1. The third-order valence-corrected chi connectivity index (χ3v) is 6.68. The summed E-state index contributed by atoms with van der Waals surface area (Å²) in [7, 11) is 1.60. The van der Waals surface area contributed by atoms with E-state index >= 15 is 0 Å². The number of carbonyl (C=O) groups excluding carboxylic acids is 2.